The number of halogens is 1. The van der Waals surface area contributed by atoms with Crippen molar-refractivity contribution in [1.82, 2.24) is 0 Å². The first-order valence-electron chi connectivity index (χ1n) is 5.83. The molecule has 0 unspecified atom stereocenters. The highest BCUT2D eigenvalue weighted by Gasteiger charge is 2.14. The number of thioether (sulfide) groups is 1. The number of para-hydroxylation sites is 1. The summed E-state index contributed by atoms with van der Waals surface area (Å²) in [6.07, 6.45) is 1.93. The smallest absolute Gasteiger partial charge is 0.258 e. The van der Waals surface area contributed by atoms with Crippen molar-refractivity contribution in [3.63, 3.8) is 0 Å². The Morgan fingerprint density at radius 3 is 2.63 bits per heavy atom. The highest BCUT2D eigenvalue weighted by Crippen LogP contribution is 2.25. The molecule has 98 valence electrons. The fourth-order valence-electron chi connectivity index (χ4n) is 1.76. The average Bonchev–Trinajstić information content (AvgIpc) is 2.42. The Bertz CT molecular complexity index is 613. The van der Waals surface area contributed by atoms with Gasteiger partial charge in [0.2, 0.25) is 0 Å². The molecule has 0 radical (unpaired) electrons. The van der Waals surface area contributed by atoms with Gasteiger partial charge < -0.3 is 5.32 Å². The summed E-state index contributed by atoms with van der Waals surface area (Å²) in [4.78, 5) is 13.0. The van der Waals surface area contributed by atoms with Crippen LogP contribution in [0, 0.1) is 12.7 Å². The summed E-state index contributed by atoms with van der Waals surface area (Å²) in [5.74, 6) is -0.899. The Morgan fingerprint density at radius 2 is 1.89 bits per heavy atom. The maximum atomic E-state index is 13.9. The van der Waals surface area contributed by atoms with Gasteiger partial charge in [-0.15, -0.1) is 11.8 Å². The van der Waals surface area contributed by atoms with Crippen molar-refractivity contribution in [2.45, 2.75) is 11.8 Å². The first-order chi connectivity index (χ1) is 9.13. The second kappa shape index (κ2) is 5.89. The molecule has 1 amide bonds. The molecule has 0 spiro atoms. The maximum Gasteiger partial charge on any atom is 0.258 e. The Hall–Kier alpha value is -1.81. The number of benzene rings is 2. The number of hydrogen-bond donors (Lipinski definition) is 1. The van der Waals surface area contributed by atoms with Crippen molar-refractivity contribution in [3.05, 3.63) is 59.4 Å². The molecule has 0 saturated carbocycles. The normalized spacial score (nSPS) is 10.3. The number of hydrogen-bond acceptors (Lipinski definition) is 2. The molecular weight excluding hydrogens is 261 g/mol. The van der Waals surface area contributed by atoms with Gasteiger partial charge in [0, 0.05) is 4.90 Å². The molecule has 0 aromatic heterocycles. The summed E-state index contributed by atoms with van der Waals surface area (Å²) < 4.78 is 13.9. The Labute approximate surface area is 116 Å². The van der Waals surface area contributed by atoms with Gasteiger partial charge in [-0.2, -0.15) is 0 Å². The molecule has 0 atom stereocenters. The molecule has 0 aliphatic carbocycles. The minimum atomic E-state index is -0.471. The second-order valence-electron chi connectivity index (χ2n) is 4.09. The summed E-state index contributed by atoms with van der Waals surface area (Å²) in [5, 5.41) is 2.75. The van der Waals surface area contributed by atoms with Crippen molar-refractivity contribution < 1.29 is 9.18 Å². The van der Waals surface area contributed by atoms with E-state index >= 15 is 0 Å². The van der Waals surface area contributed by atoms with Crippen LogP contribution in [0.25, 0.3) is 0 Å². The van der Waals surface area contributed by atoms with Gasteiger partial charge in [0.05, 0.1) is 11.3 Å². The fraction of sp³-hybridized carbons (Fsp3) is 0.133. The highest BCUT2D eigenvalue weighted by molar-refractivity contribution is 7.98. The molecule has 2 aromatic rings. The molecular formula is C15H14FNOS. The monoisotopic (exact) mass is 275 g/mol. The predicted molar refractivity (Wildman–Crippen MR) is 77.3 cm³/mol. The van der Waals surface area contributed by atoms with E-state index in [1.165, 1.54) is 17.8 Å². The van der Waals surface area contributed by atoms with E-state index in [1.54, 1.807) is 25.1 Å². The summed E-state index contributed by atoms with van der Waals surface area (Å²) in [6, 6.07) is 12.2. The van der Waals surface area contributed by atoms with Gasteiger partial charge in [0.1, 0.15) is 5.82 Å². The van der Waals surface area contributed by atoms with Gasteiger partial charge in [0.25, 0.3) is 5.91 Å². The van der Waals surface area contributed by atoms with E-state index < -0.39 is 11.7 Å². The Morgan fingerprint density at radius 1 is 1.16 bits per heavy atom. The van der Waals surface area contributed by atoms with Crippen LogP contribution in [0.15, 0.2) is 47.4 Å². The lowest BCUT2D eigenvalue weighted by Gasteiger charge is -2.10. The van der Waals surface area contributed by atoms with E-state index in [0.29, 0.717) is 11.3 Å². The highest BCUT2D eigenvalue weighted by atomic mass is 32.2. The van der Waals surface area contributed by atoms with E-state index in [-0.39, 0.29) is 5.56 Å². The third-order valence-electron chi connectivity index (χ3n) is 2.79. The van der Waals surface area contributed by atoms with E-state index in [0.717, 1.165) is 4.90 Å². The molecule has 2 nitrogen and oxygen atoms in total. The van der Waals surface area contributed by atoms with Crippen molar-refractivity contribution in [1.29, 1.82) is 0 Å². The lowest BCUT2D eigenvalue weighted by Crippen LogP contribution is -2.14. The zero-order chi connectivity index (χ0) is 13.8. The Kier molecular flexibility index (Phi) is 4.22. The molecule has 0 bridgehead atoms. The zero-order valence-corrected chi connectivity index (χ0v) is 11.6. The summed E-state index contributed by atoms with van der Waals surface area (Å²) in [6.45, 7) is 1.64. The standard InChI is InChI=1S/C15H14FNOS/c1-10-6-5-7-11(14(10)16)15(18)17-12-8-3-4-9-13(12)19-2/h3-9H,1-2H3,(H,17,18). The van der Waals surface area contributed by atoms with E-state index in [9.17, 15) is 9.18 Å². The fourth-order valence-corrected chi connectivity index (χ4v) is 2.31. The van der Waals surface area contributed by atoms with Crippen LogP contribution < -0.4 is 5.32 Å². The van der Waals surface area contributed by atoms with Crippen LogP contribution >= 0.6 is 11.8 Å². The summed E-state index contributed by atoms with van der Waals surface area (Å²) >= 11 is 1.53. The molecule has 19 heavy (non-hydrogen) atoms. The molecule has 1 N–H and O–H groups in total. The average molecular weight is 275 g/mol. The van der Waals surface area contributed by atoms with Crippen LogP contribution in [0.3, 0.4) is 0 Å². The van der Waals surface area contributed by atoms with Crippen molar-refractivity contribution in [2.75, 3.05) is 11.6 Å². The number of amides is 1. The third-order valence-corrected chi connectivity index (χ3v) is 3.59. The molecule has 0 aliphatic heterocycles. The van der Waals surface area contributed by atoms with Gasteiger partial charge in [-0.1, -0.05) is 24.3 Å². The molecule has 4 heteroatoms. The SMILES string of the molecule is CSc1ccccc1NC(=O)c1cccc(C)c1F. The lowest BCUT2D eigenvalue weighted by atomic mass is 10.1. The summed E-state index contributed by atoms with van der Waals surface area (Å²) in [5.41, 5.74) is 1.22. The molecule has 0 aliphatic rings. The van der Waals surface area contributed by atoms with Crippen LogP contribution in [-0.4, -0.2) is 12.2 Å². The minimum absolute atomic E-state index is 0.0657. The molecule has 0 fully saturated rings. The van der Waals surface area contributed by atoms with Crippen LogP contribution in [0.1, 0.15) is 15.9 Å². The first kappa shape index (κ1) is 13.6. The number of carbonyl (C=O) groups excluding carboxylic acids is 1. The van der Waals surface area contributed by atoms with E-state index in [4.69, 9.17) is 0 Å². The molecule has 0 heterocycles. The first-order valence-corrected chi connectivity index (χ1v) is 7.05. The maximum absolute atomic E-state index is 13.9. The van der Waals surface area contributed by atoms with Gasteiger partial charge in [0.15, 0.2) is 0 Å². The number of aryl methyl sites for hydroxylation is 1. The Balaban J connectivity index is 2.28. The van der Waals surface area contributed by atoms with E-state index in [1.807, 2.05) is 24.5 Å². The van der Waals surface area contributed by atoms with Gasteiger partial charge in [-0.25, -0.2) is 4.39 Å². The van der Waals surface area contributed by atoms with Crippen LogP contribution in [-0.2, 0) is 0 Å². The third kappa shape index (κ3) is 2.96. The number of carbonyl (C=O) groups is 1. The number of nitrogens with one attached hydrogen (secondary N) is 1. The van der Waals surface area contributed by atoms with E-state index in [2.05, 4.69) is 5.32 Å². The van der Waals surface area contributed by atoms with Crippen molar-refractivity contribution >= 4 is 23.4 Å². The van der Waals surface area contributed by atoms with Crippen molar-refractivity contribution in [3.8, 4) is 0 Å². The largest absolute Gasteiger partial charge is 0.321 e. The second-order valence-corrected chi connectivity index (χ2v) is 4.94. The van der Waals surface area contributed by atoms with Gasteiger partial charge in [-0.3, -0.25) is 4.79 Å². The predicted octanol–water partition coefficient (Wildman–Crippen LogP) is 4.11. The van der Waals surface area contributed by atoms with Gasteiger partial charge >= 0.3 is 0 Å². The zero-order valence-electron chi connectivity index (χ0n) is 10.7. The molecule has 2 rings (SSSR count). The molecule has 0 saturated heterocycles. The minimum Gasteiger partial charge on any atom is -0.321 e. The summed E-state index contributed by atoms with van der Waals surface area (Å²) in [7, 11) is 0. The lowest BCUT2D eigenvalue weighted by molar-refractivity contribution is 0.102. The molecule has 2 aromatic carbocycles. The van der Waals surface area contributed by atoms with Crippen LogP contribution in [0.2, 0.25) is 0 Å². The van der Waals surface area contributed by atoms with Gasteiger partial charge in [-0.05, 0) is 36.9 Å². The topological polar surface area (TPSA) is 29.1 Å². The van der Waals surface area contributed by atoms with Crippen molar-refractivity contribution in [2.24, 2.45) is 0 Å². The number of rotatable bonds is 3. The van der Waals surface area contributed by atoms with Crippen LogP contribution in [0.4, 0.5) is 10.1 Å². The van der Waals surface area contributed by atoms with Crippen LogP contribution in [0.5, 0.6) is 0 Å². The quantitative estimate of drug-likeness (QED) is 0.854. The number of anilines is 1.